The van der Waals surface area contributed by atoms with E-state index in [0.717, 1.165) is 11.3 Å². The van der Waals surface area contributed by atoms with E-state index >= 15 is 0 Å². The van der Waals surface area contributed by atoms with Gasteiger partial charge in [-0.2, -0.15) is 0 Å². The fourth-order valence-corrected chi connectivity index (χ4v) is 2.87. The summed E-state index contributed by atoms with van der Waals surface area (Å²) in [5.74, 6) is -0.509. The minimum absolute atomic E-state index is 0.177. The molecule has 2 N–H and O–H groups in total. The van der Waals surface area contributed by atoms with E-state index in [-0.39, 0.29) is 30.0 Å². The molecule has 1 aliphatic heterocycles. The van der Waals surface area contributed by atoms with Crippen LogP contribution in [0, 0.1) is 0 Å². The van der Waals surface area contributed by atoms with Crippen molar-refractivity contribution in [2.75, 3.05) is 18.5 Å². The Labute approximate surface area is 156 Å². The van der Waals surface area contributed by atoms with Crippen molar-refractivity contribution >= 4 is 23.5 Å². The van der Waals surface area contributed by atoms with Crippen molar-refractivity contribution in [2.24, 2.45) is 0 Å². The van der Waals surface area contributed by atoms with Gasteiger partial charge in [-0.1, -0.05) is 24.3 Å². The molecule has 2 aromatic carbocycles. The Balaban J connectivity index is 1.55. The molecule has 140 valence electrons. The van der Waals surface area contributed by atoms with Gasteiger partial charge in [0.05, 0.1) is 18.2 Å². The summed E-state index contributed by atoms with van der Waals surface area (Å²) in [4.78, 5) is 35.4. The number of para-hydroxylation sites is 1. The molecule has 0 saturated carbocycles. The molecule has 3 rings (SSSR count). The lowest BCUT2D eigenvalue weighted by atomic mass is 10.0. The van der Waals surface area contributed by atoms with Crippen molar-refractivity contribution in [3.05, 3.63) is 59.7 Å². The van der Waals surface area contributed by atoms with Gasteiger partial charge in [-0.05, 0) is 24.3 Å². The minimum Gasteiger partial charge on any atom is -0.493 e. The third-order valence-corrected chi connectivity index (χ3v) is 4.05. The molecule has 0 aromatic heterocycles. The fraction of sp³-hybridized carbons (Fsp3) is 0.250. The van der Waals surface area contributed by atoms with Crippen molar-refractivity contribution in [2.45, 2.75) is 19.4 Å². The molecule has 0 fully saturated rings. The molecule has 0 unspecified atom stereocenters. The highest BCUT2D eigenvalue weighted by atomic mass is 16.5. The van der Waals surface area contributed by atoms with Gasteiger partial charge in [-0.3, -0.25) is 9.59 Å². The highest BCUT2D eigenvalue weighted by Crippen LogP contribution is 2.31. The van der Waals surface area contributed by atoms with E-state index < -0.39 is 5.97 Å². The number of amides is 2. The van der Waals surface area contributed by atoms with E-state index in [2.05, 4.69) is 10.6 Å². The van der Waals surface area contributed by atoms with Gasteiger partial charge < -0.3 is 20.1 Å². The van der Waals surface area contributed by atoms with Gasteiger partial charge in [0.15, 0.2) is 6.61 Å². The van der Waals surface area contributed by atoms with Crippen LogP contribution in [0.2, 0.25) is 0 Å². The van der Waals surface area contributed by atoms with Gasteiger partial charge >= 0.3 is 5.97 Å². The molecule has 2 amide bonds. The molecule has 0 spiro atoms. The lowest BCUT2D eigenvalue weighted by Crippen LogP contribution is -2.35. The first-order valence-corrected chi connectivity index (χ1v) is 8.59. The zero-order valence-corrected chi connectivity index (χ0v) is 14.9. The lowest BCUT2D eigenvalue weighted by molar-refractivity contribution is -0.125. The number of esters is 1. The number of rotatable bonds is 5. The van der Waals surface area contributed by atoms with Crippen molar-refractivity contribution in [3.63, 3.8) is 0 Å². The monoisotopic (exact) mass is 368 g/mol. The van der Waals surface area contributed by atoms with Crippen LogP contribution in [0.15, 0.2) is 48.5 Å². The predicted molar refractivity (Wildman–Crippen MR) is 98.5 cm³/mol. The molecule has 1 heterocycles. The summed E-state index contributed by atoms with van der Waals surface area (Å²) < 4.78 is 10.6. The molecular weight excluding hydrogens is 348 g/mol. The van der Waals surface area contributed by atoms with Crippen LogP contribution in [0.4, 0.5) is 5.69 Å². The Kier molecular flexibility index (Phi) is 5.71. The van der Waals surface area contributed by atoms with Crippen LogP contribution in [0.25, 0.3) is 0 Å². The van der Waals surface area contributed by atoms with Crippen LogP contribution in [-0.2, 0) is 14.3 Å². The number of benzene rings is 2. The molecule has 7 nitrogen and oxygen atoms in total. The number of fused-ring (bicyclic) bond motifs is 1. The number of nitrogens with one attached hydrogen (secondary N) is 2. The quantitative estimate of drug-likeness (QED) is 0.791. The standard InChI is InChI=1S/C20H20N2O5/c1-13(23)21-15-6-4-5-14(11-15)20(25)27-12-19(24)22-17-9-10-26-18-8-3-2-7-16(17)18/h2-8,11,17H,9-10,12H2,1H3,(H,21,23)(H,22,24)/t17-/m0/s1. The largest absolute Gasteiger partial charge is 0.493 e. The minimum atomic E-state index is -0.635. The molecule has 2 aromatic rings. The third-order valence-electron chi connectivity index (χ3n) is 4.05. The van der Waals surface area contributed by atoms with Crippen molar-refractivity contribution in [1.29, 1.82) is 0 Å². The van der Waals surface area contributed by atoms with Crippen molar-refractivity contribution in [1.82, 2.24) is 5.32 Å². The van der Waals surface area contributed by atoms with E-state index in [0.29, 0.717) is 18.7 Å². The molecule has 0 bridgehead atoms. The van der Waals surface area contributed by atoms with E-state index in [1.165, 1.54) is 13.0 Å². The summed E-state index contributed by atoms with van der Waals surface area (Å²) in [7, 11) is 0. The average Bonchev–Trinajstić information content (AvgIpc) is 2.66. The number of carbonyl (C=O) groups excluding carboxylic acids is 3. The Morgan fingerprint density at radius 3 is 2.78 bits per heavy atom. The maximum Gasteiger partial charge on any atom is 0.338 e. The maximum absolute atomic E-state index is 12.2. The smallest absolute Gasteiger partial charge is 0.338 e. The highest BCUT2D eigenvalue weighted by Gasteiger charge is 2.23. The number of carbonyl (C=O) groups is 3. The number of hydrogen-bond donors (Lipinski definition) is 2. The summed E-state index contributed by atoms with van der Waals surface area (Å²) in [6.07, 6.45) is 0.648. The van der Waals surface area contributed by atoms with E-state index in [1.54, 1.807) is 18.2 Å². The van der Waals surface area contributed by atoms with Crippen LogP contribution in [0.3, 0.4) is 0 Å². The fourth-order valence-electron chi connectivity index (χ4n) is 2.87. The van der Waals surface area contributed by atoms with Crippen LogP contribution >= 0.6 is 0 Å². The van der Waals surface area contributed by atoms with Crippen molar-refractivity contribution in [3.8, 4) is 5.75 Å². The van der Waals surface area contributed by atoms with Gasteiger partial charge in [-0.15, -0.1) is 0 Å². The third kappa shape index (κ3) is 4.84. The number of anilines is 1. The van der Waals surface area contributed by atoms with Gasteiger partial charge in [-0.25, -0.2) is 4.79 Å². The predicted octanol–water partition coefficient (Wildman–Crippen LogP) is 2.44. The summed E-state index contributed by atoms with van der Waals surface area (Å²) in [6.45, 7) is 1.50. The second-order valence-corrected chi connectivity index (χ2v) is 6.13. The zero-order chi connectivity index (χ0) is 19.2. The lowest BCUT2D eigenvalue weighted by Gasteiger charge is -2.26. The molecule has 1 atom stereocenters. The van der Waals surface area contributed by atoms with Crippen molar-refractivity contribution < 1.29 is 23.9 Å². The van der Waals surface area contributed by atoms with Crippen LogP contribution in [0.1, 0.15) is 35.3 Å². The highest BCUT2D eigenvalue weighted by molar-refractivity contribution is 5.94. The van der Waals surface area contributed by atoms with E-state index in [1.807, 2.05) is 24.3 Å². The molecule has 0 radical (unpaired) electrons. The molecule has 7 heteroatoms. The Hall–Kier alpha value is -3.35. The normalized spacial score (nSPS) is 15.1. The van der Waals surface area contributed by atoms with E-state index in [4.69, 9.17) is 9.47 Å². The number of hydrogen-bond acceptors (Lipinski definition) is 5. The van der Waals surface area contributed by atoms with Gasteiger partial charge in [0.1, 0.15) is 5.75 Å². The van der Waals surface area contributed by atoms with Crippen LogP contribution in [0.5, 0.6) is 5.75 Å². The Morgan fingerprint density at radius 1 is 1.15 bits per heavy atom. The SMILES string of the molecule is CC(=O)Nc1cccc(C(=O)OCC(=O)N[C@H]2CCOc3ccccc32)c1. The molecule has 0 saturated heterocycles. The van der Waals surface area contributed by atoms with Gasteiger partial charge in [0, 0.05) is 24.6 Å². The second-order valence-electron chi connectivity index (χ2n) is 6.13. The Bertz CT molecular complexity index is 865. The molecule has 0 aliphatic carbocycles. The average molecular weight is 368 g/mol. The summed E-state index contributed by atoms with van der Waals surface area (Å²) >= 11 is 0. The topological polar surface area (TPSA) is 93.7 Å². The summed E-state index contributed by atoms with van der Waals surface area (Å²) in [5.41, 5.74) is 1.65. The van der Waals surface area contributed by atoms with Gasteiger partial charge in [0.2, 0.25) is 5.91 Å². The number of ether oxygens (including phenoxy) is 2. The summed E-state index contributed by atoms with van der Waals surface area (Å²) in [6, 6.07) is 13.7. The Morgan fingerprint density at radius 2 is 1.96 bits per heavy atom. The van der Waals surface area contributed by atoms with Crippen LogP contribution < -0.4 is 15.4 Å². The zero-order valence-electron chi connectivity index (χ0n) is 14.9. The molecule has 27 heavy (non-hydrogen) atoms. The second kappa shape index (κ2) is 8.35. The van der Waals surface area contributed by atoms with E-state index in [9.17, 15) is 14.4 Å². The maximum atomic E-state index is 12.2. The van der Waals surface area contributed by atoms with Crippen LogP contribution in [-0.4, -0.2) is 31.0 Å². The first-order valence-electron chi connectivity index (χ1n) is 8.59. The first kappa shape index (κ1) is 18.4. The summed E-state index contributed by atoms with van der Waals surface area (Å²) in [5, 5.41) is 5.46. The first-order chi connectivity index (χ1) is 13.0. The van der Waals surface area contributed by atoms with Gasteiger partial charge in [0.25, 0.3) is 5.91 Å². The molecule has 1 aliphatic rings. The molecular formula is C20H20N2O5.